The van der Waals surface area contributed by atoms with E-state index in [9.17, 15) is 31.1 Å². The lowest BCUT2D eigenvalue weighted by Gasteiger charge is -2.34. The molecular weight excluding hydrogens is 440 g/mol. The van der Waals surface area contributed by atoms with Crippen molar-refractivity contribution in [2.45, 2.75) is 51.1 Å². The Kier molecular flexibility index (Phi) is 7.02. The fraction of sp³-hybridized carbons (Fsp3) is 0.471. The fourth-order valence-electron chi connectivity index (χ4n) is 3.28. The van der Waals surface area contributed by atoms with Gasteiger partial charge in [0.15, 0.2) is 17.5 Å². The molecule has 1 unspecified atom stereocenters. The predicted molar refractivity (Wildman–Crippen MR) is 94.9 cm³/mol. The van der Waals surface area contributed by atoms with Crippen LogP contribution in [0.5, 0.6) is 0 Å². The summed E-state index contributed by atoms with van der Waals surface area (Å²) in [4.78, 5) is 13.9. The molecule has 0 spiro atoms. The van der Waals surface area contributed by atoms with Gasteiger partial charge in [-0.25, -0.2) is 13.2 Å². The highest BCUT2D eigenvalue weighted by atomic mass is 35.5. The number of aromatic nitrogens is 3. The van der Waals surface area contributed by atoms with Gasteiger partial charge in [-0.1, -0.05) is 0 Å². The third-order valence-corrected chi connectivity index (χ3v) is 4.70. The Balaban J connectivity index is 0.00000320. The van der Waals surface area contributed by atoms with Gasteiger partial charge >= 0.3 is 6.18 Å². The standard InChI is InChI=1S/C17H17F6N5O.ClH/c1-8-6-28-14(25-26-16(28)17(21,22)23)7-27(8)15(29)4-10(24)2-9-3-12(19)13(20)5-11(9)18;/h3,5,8,10H,2,4,6-7,24H2,1H3;1H/t8?,10-;/m1./s1. The summed E-state index contributed by atoms with van der Waals surface area (Å²) >= 11 is 0. The van der Waals surface area contributed by atoms with Crippen molar-refractivity contribution in [1.82, 2.24) is 19.7 Å². The highest BCUT2D eigenvalue weighted by Crippen LogP contribution is 2.30. The monoisotopic (exact) mass is 457 g/mol. The van der Waals surface area contributed by atoms with Crippen LogP contribution in [-0.4, -0.2) is 37.7 Å². The lowest BCUT2D eigenvalue weighted by atomic mass is 10.0. The molecule has 1 aliphatic rings. The Labute approximate surface area is 173 Å². The average Bonchev–Trinajstić information content (AvgIpc) is 3.01. The molecule has 0 bridgehead atoms. The molecule has 0 fully saturated rings. The molecule has 0 aliphatic carbocycles. The zero-order chi connectivity index (χ0) is 21.5. The summed E-state index contributed by atoms with van der Waals surface area (Å²) in [6, 6.07) is -0.407. The van der Waals surface area contributed by atoms with E-state index in [-0.39, 0.29) is 49.7 Å². The van der Waals surface area contributed by atoms with E-state index in [4.69, 9.17) is 5.73 Å². The van der Waals surface area contributed by atoms with Gasteiger partial charge in [-0.3, -0.25) is 4.79 Å². The van der Waals surface area contributed by atoms with Crippen LogP contribution in [-0.2, 0) is 30.5 Å². The molecule has 0 saturated carbocycles. The minimum Gasteiger partial charge on any atom is -0.331 e. The Morgan fingerprint density at radius 3 is 2.47 bits per heavy atom. The van der Waals surface area contributed by atoms with E-state index >= 15 is 0 Å². The van der Waals surface area contributed by atoms with Crippen LogP contribution in [0.3, 0.4) is 0 Å². The molecule has 2 N–H and O–H groups in total. The van der Waals surface area contributed by atoms with Crippen molar-refractivity contribution in [2.75, 3.05) is 0 Å². The molecule has 1 amide bonds. The molecule has 6 nitrogen and oxygen atoms in total. The maximum absolute atomic E-state index is 13.7. The van der Waals surface area contributed by atoms with E-state index in [1.54, 1.807) is 6.92 Å². The van der Waals surface area contributed by atoms with Gasteiger partial charge in [-0.05, 0) is 25.0 Å². The van der Waals surface area contributed by atoms with Gasteiger partial charge in [0.1, 0.15) is 5.82 Å². The summed E-state index contributed by atoms with van der Waals surface area (Å²) in [7, 11) is 0. The van der Waals surface area contributed by atoms with Gasteiger partial charge < -0.3 is 15.2 Å². The molecule has 2 heterocycles. The lowest BCUT2D eigenvalue weighted by Crippen LogP contribution is -2.47. The van der Waals surface area contributed by atoms with Crippen LogP contribution in [0.2, 0.25) is 0 Å². The number of halogens is 7. The molecule has 1 aliphatic heterocycles. The van der Waals surface area contributed by atoms with Gasteiger partial charge in [0.05, 0.1) is 6.54 Å². The molecule has 30 heavy (non-hydrogen) atoms. The zero-order valence-electron chi connectivity index (χ0n) is 15.6. The van der Waals surface area contributed by atoms with E-state index < -0.39 is 47.4 Å². The first-order valence-electron chi connectivity index (χ1n) is 8.65. The SMILES string of the molecule is CC1Cn2c(nnc2C(F)(F)F)CN1C(=O)C[C@H](N)Cc1cc(F)c(F)cc1F.Cl. The second-order valence-electron chi connectivity index (χ2n) is 6.94. The Bertz CT molecular complexity index is 934. The number of amides is 1. The predicted octanol–water partition coefficient (Wildman–Crippen LogP) is 2.83. The highest BCUT2D eigenvalue weighted by molar-refractivity contribution is 5.85. The molecule has 166 valence electrons. The molecular formula is C17H18ClF6N5O. The van der Waals surface area contributed by atoms with Gasteiger partial charge in [0, 0.05) is 31.1 Å². The Morgan fingerprint density at radius 2 is 1.83 bits per heavy atom. The molecule has 3 rings (SSSR count). The summed E-state index contributed by atoms with van der Waals surface area (Å²) in [6.07, 6.45) is -5.14. The number of carbonyl (C=O) groups is 1. The van der Waals surface area contributed by atoms with Crippen molar-refractivity contribution in [3.05, 3.63) is 46.8 Å². The third kappa shape index (κ3) is 4.86. The molecule has 1 aromatic carbocycles. The van der Waals surface area contributed by atoms with E-state index in [0.29, 0.717) is 12.1 Å². The summed E-state index contributed by atoms with van der Waals surface area (Å²) in [5.41, 5.74) is 5.68. The number of rotatable bonds is 4. The average molecular weight is 458 g/mol. The van der Waals surface area contributed by atoms with Crippen LogP contribution in [0.15, 0.2) is 12.1 Å². The summed E-state index contributed by atoms with van der Waals surface area (Å²) in [5.74, 6) is -5.16. The van der Waals surface area contributed by atoms with Crippen LogP contribution in [0.4, 0.5) is 26.3 Å². The largest absolute Gasteiger partial charge is 0.451 e. The maximum atomic E-state index is 13.7. The minimum atomic E-state index is -4.66. The number of fused-ring (bicyclic) bond motifs is 1. The summed E-state index contributed by atoms with van der Waals surface area (Å²) in [6.45, 7) is 1.24. The van der Waals surface area contributed by atoms with Crippen molar-refractivity contribution in [2.24, 2.45) is 5.73 Å². The summed E-state index contributed by atoms with van der Waals surface area (Å²) < 4.78 is 79.8. The van der Waals surface area contributed by atoms with E-state index in [1.807, 2.05) is 0 Å². The lowest BCUT2D eigenvalue weighted by molar-refractivity contribution is -0.148. The number of carbonyl (C=O) groups excluding carboxylic acids is 1. The van der Waals surface area contributed by atoms with E-state index in [0.717, 1.165) is 4.57 Å². The van der Waals surface area contributed by atoms with Crippen LogP contribution < -0.4 is 5.73 Å². The number of nitrogens with zero attached hydrogens (tertiary/aromatic N) is 4. The topological polar surface area (TPSA) is 77.0 Å². The van der Waals surface area contributed by atoms with Crippen LogP contribution in [0.1, 0.15) is 30.6 Å². The molecule has 2 atom stereocenters. The van der Waals surface area contributed by atoms with Crippen LogP contribution >= 0.6 is 12.4 Å². The minimum absolute atomic E-state index is 0. The maximum Gasteiger partial charge on any atom is 0.451 e. The van der Waals surface area contributed by atoms with Crippen molar-refractivity contribution in [1.29, 1.82) is 0 Å². The molecule has 1 aromatic heterocycles. The van der Waals surface area contributed by atoms with Gasteiger partial charge in [-0.2, -0.15) is 13.2 Å². The first kappa shape index (κ1) is 23.9. The third-order valence-electron chi connectivity index (χ3n) is 4.70. The van der Waals surface area contributed by atoms with Gasteiger partial charge in [0.25, 0.3) is 0 Å². The Hall–Kier alpha value is -2.34. The Morgan fingerprint density at radius 1 is 1.20 bits per heavy atom. The van der Waals surface area contributed by atoms with Crippen LogP contribution in [0, 0.1) is 17.5 Å². The van der Waals surface area contributed by atoms with Gasteiger partial charge in [-0.15, -0.1) is 22.6 Å². The van der Waals surface area contributed by atoms with Crippen molar-refractivity contribution < 1.29 is 31.1 Å². The smallest absolute Gasteiger partial charge is 0.331 e. The second kappa shape index (κ2) is 8.80. The molecule has 13 heteroatoms. The van der Waals surface area contributed by atoms with Crippen molar-refractivity contribution >= 4 is 18.3 Å². The molecule has 0 radical (unpaired) electrons. The number of benzene rings is 1. The number of hydrogen-bond acceptors (Lipinski definition) is 4. The van der Waals surface area contributed by atoms with Crippen molar-refractivity contribution in [3.63, 3.8) is 0 Å². The second-order valence-corrected chi connectivity index (χ2v) is 6.94. The molecule has 2 aromatic rings. The van der Waals surface area contributed by atoms with Crippen molar-refractivity contribution in [3.8, 4) is 0 Å². The highest BCUT2D eigenvalue weighted by Gasteiger charge is 2.41. The normalized spacial score (nSPS) is 17.3. The number of hydrogen-bond donors (Lipinski definition) is 1. The molecule has 0 saturated heterocycles. The van der Waals surface area contributed by atoms with E-state index in [1.165, 1.54) is 4.90 Å². The number of nitrogens with two attached hydrogens (primary N) is 1. The quantitative estimate of drug-likeness (QED) is 0.566. The zero-order valence-corrected chi connectivity index (χ0v) is 16.4. The number of alkyl halides is 3. The summed E-state index contributed by atoms with van der Waals surface area (Å²) in [5, 5.41) is 6.66. The fourth-order valence-corrected chi connectivity index (χ4v) is 3.28. The van der Waals surface area contributed by atoms with Crippen LogP contribution in [0.25, 0.3) is 0 Å². The van der Waals surface area contributed by atoms with E-state index in [2.05, 4.69) is 10.2 Å². The van der Waals surface area contributed by atoms with Gasteiger partial charge in [0.2, 0.25) is 11.7 Å². The first-order chi connectivity index (χ1) is 13.5. The first-order valence-corrected chi connectivity index (χ1v) is 8.65.